The molecule has 2 N–H and O–H groups in total. The van der Waals surface area contributed by atoms with E-state index < -0.39 is 24.5 Å². The van der Waals surface area contributed by atoms with Crippen molar-refractivity contribution in [1.82, 2.24) is 10.2 Å². The minimum Gasteiger partial charge on any atom is -0.455 e. The summed E-state index contributed by atoms with van der Waals surface area (Å²) < 4.78 is 11.0. The summed E-state index contributed by atoms with van der Waals surface area (Å²) in [7, 11) is 0. The van der Waals surface area contributed by atoms with E-state index in [0.29, 0.717) is 22.7 Å². The van der Waals surface area contributed by atoms with E-state index in [2.05, 4.69) is 10.6 Å². The minimum absolute atomic E-state index is 0.0200. The second-order valence-corrected chi connectivity index (χ2v) is 7.87. The number of aryl methyl sites for hydroxylation is 1. The highest BCUT2D eigenvalue weighted by Gasteiger charge is 2.28. The number of anilines is 1. The van der Waals surface area contributed by atoms with Crippen LogP contribution in [-0.2, 0) is 20.9 Å². The number of nitrogens with one attached hydrogen (secondary N) is 2. The summed E-state index contributed by atoms with van der Waals surface area (Å²) in [6.07, 6.45) is 0. The van der Waals surface area contributed by atoms with Gasteiger partial charge in [0.2, 0.25) is 5.91 Å². The molecule has 3 aromatic rings. The predicted molar refractivity (Wildman–Crippen MR) is 127 cm³/mol. The zero-order valence-electron chi connectivity index (χ0n) is 18.9. The standard InChI is InChI=1S/C26H23N3O6/c1-17-6-12-20(13-7-17)35-22-5-3-2-4-21(22)28-23(30)16-34-25(32)19-10-8-18(9-11-19)15-29-24(31)14-27-26(29)33/h2-13H,14-16H2,1H3,(H,27,33)(H,28,30). The average molecular weight is 473 g/mol. The van der Waals surface area contributed by atoms with Crippen molar-refractivity contribution < 1.29 is 28.7 Å². The summed E-state index contributed by atoms with van der Waals surface area (Å²) in [5.74, 6) is -0.423. The topological polar surface area (TPSA) is 114 Å². The van der Waals surface area contributed by atoms with Gasteiger partial charge in [0.1, 0.15) is 5.75 Å². The molecule has 0 bridgehead atoms. The summed E-state index contributed by atoms with van der Waals surface area (Å²) in [6, 6.07) is 20.3. The van der Waals surface area contributed by atoms with E-state index in [1.54, 1.807) is 36.4 Å². The van der Waals surface area contributed by atoms with E-state index >= 15 is 0 Å². The number of carbonyl (C=O) groups excluding carboxylic acids is 4. The lowest BCUT2D eigenvalue weighted by molar-refractivity contribution is -0.125. The Hall–Kier alpha value is -4.66. The number of benzene rings is 3. The molecule has 4 amide bonds. The Labute approximate surface area is 201 Å². The number of amides is 4. The maximum absolute atomic E-state index is 12.4. The smallest absolute Gasteiger partial charge is 0.338 e. The van der Waals surface area contributed by atoms with Gasteiger partial charge in [0, 0.05) is 0 Å². The lowest BCUT2D eigenvalue weighted by Gasteiger charge is -2.13. The fraction of sp³-hybridized carbons (Fsp3) is 0.154. The monoisotopic (exact) mass is 473 g/mol. The van der Waals surface area contributed by atoms with Crippen molar-refractivity contribution in [2.75, 3.05) is 18.5 Å². The molecule has 9 nitrogen and oxygen atoms in total. The first-order chi connectivity index (χ1) is 16.9. The van der Waals surface area contributed by atoms with E-state index in [9.17, 15) is 19.2 Å². The number of esters is 1. The maximum atomic E-state index is 12.4. The van der Waals surface area contributed by atoms with Gasteiger partial charge in [-0.1, -0.05) is 42.0 Å². The summed E-state index contributed by atoms with van der Waals surface area (Å²) in [4.78, 5) is 49.2. The number of rotatable bonds is 8. The first kappa shape index (κ1) is 23.5. The molecule has 9 heteroatoms. The molecular formula is C26H23N3O6. The van der Waals surface area contributed by atoms with Gasteiger partial charge in [0.25, 0.3) is 5.91 Å². The Kier molecular flexibility index (Phi) is 7.06. The van der Waals surface area contributed by atoms with Crippen LogP contribution in [0.2, 0.25) is 0 Å². The van der Waals surface area contributed by atoms with Gasteiger partial charge in [0.15, 0.2) is 12.4 Å². The Morgan fingerprint density at radius 3 is 2.37 bits per heavy atom. The molecule has 1 fully saturated rings. The molecule has 0 unspecified atom stereocenters. The van der Waals surface area contributed by atoms with Gasteiger partial charge in [0.05, 0.1) is 24.3 Å². The molecule has 1 aliphatic rings. The SMILES string of the molecule is Cc1ccc(Oc2ccccc2NC(=O)COC(=O)c2ccc(CN3C(=O)CNC3=O)cc2)cc1. The Morgan fingerprint density at radius 2 is 1.69 bits per heavy atom. The molecule has 0 radical (unpaired) electrons. The molecule has 0 aromatic heterocycles. The van der Waals surface area contributed by atoms with Crippen molar-refractivity contribution >= 4 is 29.5 Å². The zero-order chi connectivity index (χ0) is 24.8. The van der Waals surface area contributed by atoms with E-state index in [0.717, 1.165) is 10.5 Å². The predicted octanol–water partition coefficient (Wildman–Crippen LogP) is 3.63. The van der Waals surface area contributed by atoms with Crippen LogP contribution in [0.5, 0.6) is 11.5 Å². The van der Waals surface area contributed by atoms with Crippen molar-refractivity contribution in [3.63, 3.8) is 0 Å². The molecule has 4 rings (SSSR count). The van der Waals surface area contributed by atoms with Crippen molar-refractivity contribution in [3.05, 3.63) is 89.5 Å². The number of carbonyl (C=O) groups is 4. The first-order valence-electron chi connectivity index (χ1n) is 10.9. The fourth-order valence-electron chi connectivity index (χ4n) is 3.34. The van der Waals surface area contributed by atoms with Gasteiger partial charge in [-0.2, -0.15) is 0 Å². The van der Waals surface area contributed by atoms with Crippen molar-refractivity contribution in [3.8, 4) is 11.5 Å². The van der Waals surface area contributed by atoms with Crippen molar-refractivity contribution in [2.24, 2.45) is 0 Å². The molecule has 1 heterocycles. The molecule has 1 aliphatic heterocycles. The molecular weight excluding hydrogens is 450 g/mol. The Balaban J connectivity index is 1.30. The summed E-state index contributed by atoms with van der Waals surface area (Å²) in [5, 5.41) is 5.14. The number of hydrogen-bond donors (Lipinski definition) is 2. The Morgan fingerprint density at radius 1 is 0.971 bits per heavy atom. The van der Waals surface area contributed by atoms with Crippen LogP contribution in [0.15, 0.2) is 72.8 Å². The third-order valence-electron chi connectivity index (χ3n) is 5.21. The van der Waals surface area contributed by atoms with Gasteiger partial charge in [-0.15, -0.1) is 0 Å². The number of urea groups is 1. The van der Waals surface area contributed by atoms with E-state index in [1.807, 2.05) is 31.2 Å². The maximum Gasteiger partial charge on any atom is 0.338 e. The molecule has 0 spiro atoms. The van der Waals surface area contributed by atoms with Gasteiger partial charge in [-0.3, -0.25) is 14.5 Å². The third kappa shape index (κ3) is 6.02. The molecule has 1 saturated heterocycles. The second kappa shape index (κ2) is 10.5. The van der Waals surface area contributed by atoms with Crippen LogP contribution in [0.25, 0.3) is 0 Å². The number of ether oxygens (including phenoxy) is 2. The van der Waals surface area contributed by atoms with Crippen LogP contribution in [0.3, 0.4) is 0 Å². The Bertz CT molecular complexity index is 1240. The first-order valence-corrected chi connectivity index (χ1v) is 10.9. The molecule has 0 atom stereocenters. The van der Waals surface area contributed by atoms with Crippen molar-refractivity contribution in [2.45, 2.75) is 13.5 Å². The molecule has 0 aliphatic carbocycles. The van der Waals surface area contributed by atoms with Crippen LogP contribution in [0, 0.1) is 6.92 Å². The highest BCUT2D eigenvalue weighted by Crippen LogP contribution is 2.29. The minimum atomic E-state index is -0.675. The largest absolute Gasteiger partial charge is 0.455 e. The highest BCUT2D eigenvalue weighted by molar-refractivity contribution is 6.02. The quantitative estimate of drug-likeness (QED) is 0.381. The zero-order valence-corrected chi connectivity index (χ0v) is 18.9. The molecule has 178 valence electrons. The van der Waals surface area contributed by atoms with Gasteiger partial charge >= 0.3 is 12.0 Å². The normalized spacial score (nSPS) is 12.8. The number of hydrogen-bond acceptors (Lipinski definition) is 6. The number of nitrogens with zero attached hydrogens (tertiary/aromatic N) is 1. The molecule has 35 heavy (non-hydrogen) atoms. The number of imide groups is 1. The number of para-hydroxylation sites is 2. The average Bonchev–Trinajstić information content (AvgIpc) is 3.17. The van der Waals surface area contributed by atoms with Crippen LogP contribution in [0.4, 0.5) is 10.5 Å². The van der Waals surface area contributed by atoms with E-state index in [4.69, 9.17) is 9.47 Å². The van der Waals surface area contributed by atoms with Crippen LogP contribution >= 0.6 is 0 Å². The summed E-state index contributed by atoms with van der Waals surface area (Å²) in [6.45, 7) is 1.58. The lowest BCUT2D eigenvalue weighted by Crippen LogP contribution is -2.30. The van der Waals surface area contributed by atoms with E-state index in [1.165, 1.54) is 12.1 Å². The van der Waals surface area contributed by atoms with Gasteiger partial charge in [-0.05, 0) is 48.9 Å². The van der Waals surface area contributed by atoms with Gasteiger partial charge in [-0.25, -0.2) is 9.59 Å². The van der Waals surface area contributed by atoms with Crippen LogP contribution in [0.1, 0.15) is 21.5 Å². The fourth-order valence-corrected chi connectivity index (χ4v) is 3.34. The van der Waals surface area contributed by atoms with Crippen LogP contribution < -0.4 is 15.4 Å². The van der Waals surface area contributed by atoms with E-state index in [-0.39, 0.29) is 24.6 Å². The third-order valence-corrected chi connectivity index (χ3v) is 5.21. The second-order valence-electron chi connectivity index (χ2n) is 7.87. The molecule has 3 aromatic carbocycles. The summed E-state index contributed by atoms with van der Waals surface area (Å²) in [5.41, 5.74) is 2.46. The molecule has 0 saturated carbocycles. The van der Waals surface area contributed by atoms with Crippen molar-refractivity contribution in [1.29, 1.82) is 0 Å². The van der Waals surface area contributed by atoms with Gasteiger partial charge < -0.3 is 20.1 Å². The highest BCUT2D eigenvalue weighted by atomic mass is 16.5. The van der Waals surface area contributed by atoms with Crippen LogP contribution in [-0.4, -0.2) is 41.9 Å². The summed E-state index contributed by atoms with van der Waals surface area (Å²) >= 11 is 0. The lowest BCUT2D eigenvalue weighted by atomic mass is 10.1.